The second-order valence-electron chi connectivity index (χ2n) is 6.07. The number of H-pyrrole nitrogens is 1. The summed E-state index contributed by atoms with van der Waals surface area (Å²) in [5.41, 5.74) is 1.47. The van der Waals surface area contributed by atoms with Gasteiger partial charge in [0, 0.05) is 44.0 Å². The van der Waals surface area contributed by atoms with E-state index in [1.54, 1.807) is 13.1 Å². The minimum absolute atomic E-state index is 0.0167. The third-order valence-electron chi connectivity index (χ3n) is 4.27. The summed E-state index contributed by atoms with van der Waals surface area (Å²) >= 11 is 0. The van der Waals surface area contributed by atoms with Gasteiger partial charge in [0.15, 0.2) is 0 Å². The molecule has 1 aliphatic rings. The van der Waals surface area contributed by atoms with Crippen molar-refractivity contribution in [2.24, 2.45) is 5.10 Å². The Morgan fingerprint density at radius 1 is 1.20 bits per heavy atom. The highest BCUT2D eigenvalue weighted by molar-refractivity contribution is 5.80. The van der Waals surface area contributed by atoms with E-state index in [2.05, 4.69) is 22.1 Å². The summed E-state index contributed by atoms with van der Waals surface area (Å²) in [5.74, 6) is 0. The van der Waals surface area contributed by atoms with Crippen molar-refractivity contribution in [3.8, 4) is 5.69 Å². The first-order valence-corrected chi connectivity index (χ1v) is 7.99. The molecule has 1 fully saturated rings. The van der Waals surface area contributed by atoms with Gasteiger partial charge in [-0.25, -0.2) is 4.68 Å². The average Bonchev–Trinajstić information content (AvgIpc) is 2.89. The Morgan fingerprint density at radius 3 is 2.44 bits per heavy atom. The summed E-state index contributed by atoms with van der Waals surface area (Å²) in [6, 6.07) is 5.82. The standard InChI is InChI=1S/C16H20N6O3/c1-12-15(11-17-20-9-7-19(2)8-10-20)16(23)21(18-12)13-3-5-14(6-4-13)22(24)25/h3-6,11,18H,7-10H2,1-2H3. The molecule has 0 atom stereocenters. The number of rotatable bonds is 4. The van der Waals surface area contributed by atoms with E-state index in [1.807, 2.05) is 5.01 Å². The van der Waals surface area contributed by atoms with Crippen molar-refractivity contribution >= 4 is 11.9 Å². The predicted octanol–water partition coefficient (Wildman–Crippen LogP) is 0.964. The Hall–Kier alpha value is -2.94. The molecule has 2 heterocycles. The fraction of sp³-hybridized carbons (Fsp3) is 0.375. The van der Waals surface area contributed by atoms with Crippen LogP contribution in [0.5, 0.6) is 0 Å². The maximum Gasteiger partial charge on any atom is 0.280 e. The Kier molecular flexibility index (Phi) is 4.66. The summed E-state index contributed by atoms with van der Waals surface area (Å²) < 4.78 is 1.37. The molecule has 1 N–H and O–H groups in total. The normalized spacial score (nSPS) is 15.8. The average molecular weight is 344 g/mol. The van der Waals surface area contributed by atoms with Gasteiger partial charge in [0.25, 0.3) is 11.2 Å². The SMILES string of the molecule is Cc1[nH]n(-c2ccc([N+](=O)[O-])cc2)c(=O)c1C=NN1CCN(C)CC1. The molecule has 0 aliphatic carbocycles. The van der Waals surface area contributed by atoms with E-state index in [-0.39, 0.29) is 11.2 Å². The van der Waals surface area contributed by atoms with Crippen LogP contribution in [0.2, 0.25) is 0 Å². The van der Waals surface area contributed by atoms with E-state index in [0.717, 1.165) is 26.2 Å². The maximum absolute atomic E-state index is 12.6. The molecule has 9 nitrogen and oxygen atoms in total. The van der Waals surface area contributed by atoms with Gasteiger partial charge in [0.05, 0.1) is 22.4 Å². The molecule has 25 heavy (non-hydrogen) atoms. The van der Waals surface area contributed by atoms with Gasteiger partial charge in [0.1, 0.15) is 0 Å². The number of nitro benzene ring substituents is 1. The highest BCUT2D eigenvalue weighted by Gasteiger charge is 2.14. The molecule has 0 amide bonds. The highest BCUT2D eigenvalue weighted by Crippen LogP contribution is 2.14. The highest BCUT2D eigenvalue weighted by atomic mass is 16.6. The van der Waals surface area contributed by atoms with E-state index in [1.165, 1.54) is 28.9 Å². The number of nitrogens with zero attached hydrogens (tertiary/aromatic N) is 5. The lowest BCUT2D eigenvalue weighted by atomic mass is 10.2. The number of hydrazone groups is 1. The lowest BCUT2D eigenvalue weighted by molar-refractivity contribution is -0.384. The lowest BCUT2D eigenvalue weighted by Gasteiger charge is -2.30. The zero-order chi connectivity index (χ0) is 18.0. The molecule has 0 spiro atoms. The summed E-state index contributed by atoms with van der Waals surface area (Å²) in [6.07, 6.45) is 1.58. The zero-order valence-corrected chi connectivity index (χ0v) is 14.2. The van der Waals surface area contributed by atoms with Crippen molar-refractivity contribution in [2.75, 3.05) is 33.2 Å². The van der Waals surface area contributed by atoms with Gasteiger partial charge in [0.2, 0.25) is 0 Å². The first-order valence-electron chi connectivity index (χ1n) is 7.99. The molecule has 3 rings (SSSR count). The molecule has 0 bridgehead atoms. The topological polar surface area (TPSA) is 99.8 Å². The fourth-order valence-electron chi connectivity index (χ4n) is 2.67. The van der Waals surface area contributed by atoms with Crippen LogP contribution in [0.15, 0.2) is 34.2 Å². The minimum Gasteiger partial charge on any atom is -0.303 e. The Morgan fingerprint density at radius 2 is 1.84 bits per heavy atom. The molecule has 1 aromatic heterocycles. The van der Waals surface area contributed by atoms with Gasteiger partial charge >= 0.3 is 0 Å². The Balaban J connectivity index is 1.83. The molecular weight excluding hydrogens is 324 g/mol. The van der Waals surface area contributed by atoms with Crippen molar-refractivity contribution in [3.63, 3.8) is 0 Å². The molecule has 0 saturated carbocycles. The van der Waals surface area contributed by atoms with E-state index in [0.29, 0.717) is 16.9 Å². The van der Waals surface area contributed by atoms with Crippen molar-refractivity contribution < 1.29 is 4.92 Å². The molecule has 132 valence electrons. The largest absolute Gasteiger partial charge is 0.303 e. The van der Waals surface area contributed by atoms with Crippen molar-refractivity contribution in [3.05, 3.63) is 56.0 Å². The predicted molar refractivity (Wildman–Crippen MR) is 94.4 cm³/mol. The number of aromatic amines is 1. The van der Waals surface area contributed by atoms with Crippen LogP contribution in [-0.4, -0.2) is 64.1 Å². The molecule has 0 radical (unpaired) electrons. The maximum atomic E-state index is 12.6. The number of nitrogens with one attached hydrogen (secondary N) is 1. The van der Waals surface area contributed by atoms with Gasteiger partial charge in [-0.05, 0) is 26.1 Å². The first-order chi connectivity index (χ1) is 12.0. The van der Waals surface area contributed by atoms with Gasteiger partial charge in [-0.2, -0.15) is 5.10 Å². The van der Waals surface area contributed by atoms with Crippen LogP contribution in [0, 0.1) is 17.0 Å². The lowest BCUT2D eigenvalue weighted by Crippen LogP contribution is -2.41. The number of non-ortho nitro benzene ring substituents is 1. The number of nitro groups is 1. The number of aromatic nitrogens is 2. The van der Waals surface area contributed by atoms with Crippen LogP contribution >= 0.6 is 0 Å². The van der Waals surface area contributed by atoms with Crippen LogP contribution in [0.25, 0.3) is 5.69 Å². The molecule has 9 heteroatoms. The van der Waals surface area contributed by atoms with Gasteiger partial charge in [-0.1, -0.05) is 0 Å². The number of benzene rings is 1. The number of piperazine rings is 1. The molecule has 1 aromatic carbocycles. The van der Waals surface area contributed by atoms with Gasteiger partial charge in [-0.15, -0.1) is 0 Å². The van der Waals surface area contributed by atoms with Crippen molar-refractivity contribution in [1.29, 1.82) is 0 Å². The molecule has 1 saturated heterocycles. The van der Waals surface area contributed by atoms with Gasteiger partial charge < -0.3 is 4.90 Å². The van der Waals surface area contributed by atoms with Gasteiger partial charge in [-0.3, -0.25) is 25.0 Å². The molecule has 0 unspecified atom stereocenters. The molecular formula is C16H20N6O3. The van der Waals surface area contributed by atoms with Crippen LogP contribution < -0.4 is 5.56 Å². The first kappa shape index (κ1) is 16.9. The van der Waals surface area contributed by atoms with Crippen LogP contribution in [-0.2, 0) is 0 Å². The fourth-order valence-corrected chi connectivity index (χ4v) is 2.67. The summed E-state index contributed by atoms with van der Waals surface area (Å²) in [4.78, 5) is 25.1. The smallest absolute Gasteiger partial charge is 0.280 e. The van der Waals surface area contributed by atoms with E-state index >= 15 is 0 Å². The summed E-state index contributed by atoms with van der Waals surface area (Å²) in [7, 11) is 2.07. The monoisotopic (exact) mass is 344 g/mol. The van der Waals surface area contributed by atoms with Crippen LogP contribution in [0.3, 0.4) is 0 Å². The van der Waals surface area contributed by atoms with Crippen LogP contribution in [0.1, 0.15) is 11.3 Å². The second kappa shape index (κ2) is 6.89. The van der Waals surface area contributed by atoms with E-state index in [4.69, 9.17) is 0 Å². The zero-order valence-electron chi connectivity index (χ0n) is 14.2. The minimum atomic E-state index is -0.472. The summed E-state index contributed by atoms with van der Waals surface area (Å²) in [5, 5.41) is 20.1. The number of likely N-dealkylation sites (N-methyl/N-ethyl adjacent to an activating group) is 1. The van der Waals surface area contributed by atoms with E-state index < -0.39 is 4.92 Å². The van der Waals surface area contributed by atoms with Crippen molar-refractivity contribution in [1.82, 2.24) is 19.7 Å². The van der Waals surface area contributed by atoms with Crippen LogP contribution in [0.4, 0.5) is 5.69 Å². The third-order valence-corrected chi connectivity index (χ3v) is 4.27. The molecule has 1 aliphatic heterocycles. The summed E-state index contributed by atoms with van der Waals surface area (Å²) in [6.45, 7) is 5.33. The number of hydrogen-bond donors (Lipinski definition) is 1. The molecule has 2 aromatic rings. The Bertz CT molecular complexity index is 844. The second-order valence-corrected chi connectivity index (χ2v) is 6.07. The third kappa shape index (κ3) is 3.61. The number of aryl methyl sites for hydroxylation is 1. The van der Waals surface area contributed by atoms with Crippen molar-refractivity contribution in [2.45, 2.75) is 6.92 Å². The Labute approximate surface area is 144 Å². The van der Waals surface area contributed by atoms with E-state index in [9.17, 15) is 14.9 Å². The quantitative estimate of drug-likeness (QED) is 0.506. The number of hydrogen-bond acceptors (Lipinski definition) is 6.